The number of hydrogen-bond acceptors (Lipinski definition) is 5. The smallest absolute Gasteiger partial charge is 0.312 e. The summed E-state index contributed by atoms with van der Waals surface area (Å²) in [5.41, 5.74) is 4.41. The Morgan fingerprint density at radius 3 is 2.36 bits per heavy atom. The van der Waals surface area contributed by atoms with Crippen molar-refractivity contribution in [2.24, 2.45) is 5.92 Å². The fourth-order valence-electron chi connectivity index (χ4n) is 4.17. The van der Waals surface area contributed by atoms with Gasteiger partial charge in [-0.25, -0.2) is 0 Å². The van der Waals surface area contributed by atoms with Gasteiger partial charge in [-0.05, 0) is 55.5 Å². The number of nitrogens with one attached hydrogen (secondary N) is 1. The molecule has 2 heterocycles. The number of aryl methyl sites for hydroxylation is 3. The molecule has 4 rings (SSSR count). The third kappa shape index (κ3) is 4.83. The summed E-state index contributed by atoms with van der Waals surface area (Å²) in [5.74, 6) is -1.79. The quantitative estimate of drug-likeness (QED) is 0.526. The Hall–Kier alpha value is -3.45. The van der Waals surface area contributed by atoms with Crippen LogP contribution < -0.4 is 10.2 Å². The molecular weight excluding hydrogens is 436 g/mol. The first-order chi connectivity index (χ1) is 15.8. The van der Waals surface area contributed by atoms with E-state index in [0.29, 0.717) is 0 Å². The van der Waals surface area contributed by atoms with Crippen molar-refractivity contribution in [1.82, 2.24) is 0 Å². The first-order valence-electron chi connectivity index (χ1n) is 10.8. The van der Waals surface area contributed by atoms with E-state index < -0.39 is 30.4 Å². The maximum absolute atomic E-state index is 13.0. The average molecular weight is 463 g/mol. The zero-order chi connectivity index (χ0) is 23.5. The third-order valence-corrected chi connectivity index (χ3v) is 6.81. The van der Waals surface area contributed by atoms with Crippen molar-refractivity contribution in [2.75, 3.05) is 16.8 Å². The molecule has 1 aromatic heterocycles. The highest BCUT2D eigenvalue weighted by molar-refractivity contribution is 7.10. The number of anilines is 2. The van der Waals surface area contributed by atoms with Gasteiger partial charge in [-0.2, -0.15) is 0 Å². The number of hydrogen-bond donors (Lipinski definition) is 1. The predicted octanol–water partition coefficient (Wildman–Crippen LogP) is 4.95. The molecular formula is C26H26N2O4S. The van der Waals surface area contributed by atoms with Crippen molar-refractivity contribution in [3.63, 3.8) is 0 Å². The molecule has 1 fully saturated rings. The van der Waals surface area contributed by atoms with Crippen molar-refractivity contribution in [1.29, 1.82) is 0 Å². The summed E-state index contributed by atoms with van der Waals surface area (Å²) < 4.78 is 5.39. The molecule has 2 amide bonds. The Balaban J connectivity index is 1.50. The zero-order valence-electron chi connectivity index (χ0n) is 18.8. The minimum Gasteiger partial charge on any atom is -0.455 e. The van der Waals surface area contributed by atoms with E-state index in [-0.39, 0.29) is 12.3 Å². The van der Waals surface area contributed by atoms with Gasteiger partial charge in [0.1, 0.15) is 0 Å². The molecule has 2 unspecified atom stereocenters. The van der Waals surface area contributed by atoms with Gasteiger partial charge in [-0.15, -0.1) is 11.3 Å². The lowest BCUT2D eigenvalue weighted by Crippen LogP contribution is -2.31. The molecule has 0 radical (unpaired) electrons. The number of benzene rings is 2. The second-order valence-corrected chi connectivity index (χ2v) is 9.27. The van der Waals surface area contributed by atoms with E-state index in [1.807, 2.05) is 80.7 Å². The van der Waals surface area contributed by atoms with Crippen LogP contribution in [-0.4, -0.2) is 24.4 Å². The van der Waals surface area contributed by atoms with Crippen LogP contribution in [0, 0.1) is 26.7 Å². The van der Waals surface area contributed by atoms with Gasteiger partial charge in [0.2, 0.25) is 5.91 Å². The molecule has 3 aromatic rings. The fourth-order valence-corrected chi connectivity index (χ4v) is 5.05. The van der Waals surface area contributed by atoms with E-state index in [1.165, 1.54) is 11.3 Å². The van der Waals surface area contributed by atoms with Crippen molar-refractivity contribution in [3.8, 4) is 0 Å². The Bertz CT molecular complexity index is 1150. The number of ether oxygens (including phenoxy) is 1. The summed E-state index contributed by atoms with van der Waals surface area (Å²) in [5, 5.41) is 4.74. The van der Waals surface area contributed by atoms with Gasteiger partial charge in [-0.3, -0.25) is 14.4 Å². The van der Waals surface area contributed by atoms with Crippen LogP contribution in [0.1, 0.15) is 34.0 Å². The number of rotatable bonds is 6. The van der Waals surface area contributed by atoms with Gasteiger partial charge >= 0.3 is 5.97 Å². The lowest BCUT2D eigenvalue weighted by atomic mass is 9.99. The standard InChI is InChI=1S/C26H26N2O4S/c1-16-9-11-19(12-10-16)28-23(30)14-20(25(28)21-8-5-13-33-21)26(31)32-15-22(29)27-24-17(2)6-4-7-18(24)3/h4-13,20,25H,14-15H2,1-3H3,(H,27,29). The molecule has 0 spiro atoms. The van der Waals surface area contributed by atoms with Crippen molar-refractivity contribution in [2.45, 2.75) is 33.2 Å². The van der Waals surface area contributed by atoms with Crippen LogP contribution in [0.3, 0.4) is 0 Å². The molecule has 7 heteroatoms. The number of amides is 2. The van der Waals surface area contributed by atoms with Gasteiger partial charge in [-0.1, -0.05) is 42.0 Å². The maximum atomic E-state index is 13.0. The van der Waals surface area contributed by atoms with E-state index >= 15 is 0 Å². The zero-order valence-corrected chi connectivity index (χ0v) is 19.6. The van der Waals surface area contributed by atoms with Crippen LogP contribution in [0.15, 0.2) is 60.0 Å². The molecule has 1 saturated heterocycles. The summed E-state index contributed by atoms with van der Waals surface area (Å²) in [6.07, 6.45) is 0.0355. The second kappa shape index (κ2) is 9.58. The second-order valence-electron chi connectivity index (χ2n) is 8.29. The Kier molecular flexibility index (Phi) is 6.60. The highest BCUT2D eigenvalue weighted by Gasteiger charge is 2.46. The Labute approximate surface area is 197 Å². The lowest BCUT2D eigenvalue weighted by molar-refractivity contribution is -0.152. The third-order valence-electron chi connectivity index (χ3n) is 5.86. The first-order valence-corrected chi connectivity index (χ1v) is 11.7. The molecule has 2 atom stereocenters. The van der Waals surface area contributed by atoms with Crippen LogP contribution in [0.5, 0.6) is 0 Å². The molecule has 2 aromatic carbocycles. The molecule has 1 aliphatic heterocycles. The molecule has 0 aliphatic carbocycles. The molecule has 1 aliphatic rings. The SMILES string of the molecule is Cc1ccc(N2C(=O)CC(C(=O)OCC(=O)Nc3c(C)cccc3C)C2c2cccs2)cc1. The molecule has 0 saturated carbocycles. The highest BCUT2D eigenvalue weighted by atomic mass is 32.1. The van der Waals surface area contributed by atoms with Gasteiger partial charge < -0.3 is 15.0 Å². The van der Waals surface area contributed by atoms with E-state index in [2.05, 4.69) is 5.32 Å². The van der Waals surface area contributed by atoms with E-state index in [9.17, 15) is 14.4 Å². The van der Waals surface area contributed by atoms with E-state index in [4.69, 9.17) is 4.74 Å². The van der Waals surface area contributed by atoms with Crippen molar-refractivity contribution < 1.29 is 19.1 Å². The van der Waals surface area contributed by atoms with Crippen LogP contribution in [0.4, 0.5) is 11.4 Å². The van der Waals surface area contributed by atoms with Gasteiger partial charge in [0, 0.05) is 22.7 Å². The predicted molar refractivity (Wildman–Crippen MR) is 129 cm³/mol. The van der Waals surface area contributed by atoms with Crippen LogP contribution in [0.25, 0.3) is 0 Å². The summed E-state index contributed by atoms with van der Waals surface area (Å²) in [7, 11) is 0. The normalized spacial score (nSPS) is 17.8. The highest BCUT2D eigenvalue weighted by Crippen LogP contribution is 2.43. The molecule has 1 N–H and O–H groups in total. The summed E-state index contributed by atoms with van der Waals surface area (Å²) in [6, 6.07) is 16.7. The average Bonchev–Trinajstić information content (AvgIpc) is 3.43. The summed E-state index contributed by atoms with van der Waals surface area (Å²) in [4.78, 5) is 41.1. The van der Waals surface area contributed by atoms with Crippen LogP contribution >= 0.6 is 11.3 Å². The van der Waals surface area contributed by atoms with Crippen molar-refractivity contribution >= 4 is 40.5 Å². The lowest BCUT2D eigenvalue weighted by Gasteiger charge is -2.27. The van der Waals surface area contributed by atoms with Crippen LogP contribution in [0.2, 0.25) is 0 Å². The number of esters is 1. The molecule has 170 valence electrons. The molecule has 0 bridgehead atoms. The van der Waals surface area contributed by atoms with Crippen LogP contribution in [-0.2, 0) is 19.1 Å². The Morgan fingerprint density at radius 1 is 1.03 bits per heavy atom. The number of para-hydroxylation sites is 1. The summed E-state index contributed by atoms with van der Waals surface area (Å²) >= 11 is 1.49. The maximum Gasteiger partial charge on any atom is 0.312 e. The number of carbonyl (C=O) groups is 3. The summed E-state index contributed by atoms with van der Waals surface area (Å²) in [6.45, 7) is 5.39. The fraction of sp³-hybridized carbons (Fsp3) is 0.269. The van der Waals surface area contributed by atoms with Gasteiger partial charge in [0.25, 0.3) is 5.91 Å². The minimum atomic E-state index is -0.689. The van der Waals surface area contributed by atoms with E-state index in [1.54, 1.807) is 4.90 Å². The topological polar surface area (TPSA) is 75.7 Å². The monoisotopic (exact) mass is 462 g/mol. The Morgan fingerprint density at radius 2 is 1.73 bits per heavy atom. The number of carbonyl (C=O) groups excluding carboxylic acids is 3. The van der Waals surface area contributed by atoms with E-state index in [0.717, 1.165) is 32.9 Å². The van der Waals surface area contributed by atoms with Gasteiger partial charge in [0.15, 0.2) is 6.61 Å². The number of nitrogens with zero attached hydrogens (tertiary/aromatic N) is 1. The largest absolute Gasteiger partial charge is 0.455 e. The molecule has 33 heavy (non-hydrogen) atoms. The molecule has 6 nitrogen and oxygen atoms in total. The first kappa shape index (κ1) is 22.7. The number of thiophene rings is 1. The minimum absolute atomic E-state index is 0.0355. The van der Waals surface area contributed by atoms with Gasteiger partial charge in [0.05, 0.1) is 12.0 Å². The van der Waals surface area contributed by atoms with Crippen molar-refractivity contribution in [3.05, 3.63) is 81.5 Å².